The van der Waals surface area contributed by atoms with Crippen LogP contribution in [0, 0.1) is 0 Å². The van der Waals surface area contributed by atoms with Crippen molar-refractivity contribution in [3.05, 3.63) is 23.9 Å². The number of likely N-dealkylation sites (N-methyl/N-ethyl adjacent to an activating group) is 2. The minimum atomic E-state index is 0.0762. The Kier molecular flexibility index (Phi) is 4.48. The third-order valence-corrected chi connectivity index (χ3v) is 3.64. The van der Waals surface area contributed by atoms with Crippen molar-refractivity contribution in [1.29, 1.82) is 0 Å². The molecule has 96 valence electrons. The molecule has 1 aromatic heterocycles. The van der Waals surface area contributed by atoms with Crippen LogP contribution in [-0.4, -0.2) is 42.6 Å². The molecule has 4 nitrogen and oxygen atoms in total. The van der Waals surface area contributed by atoms with E-state index in [1.165, 1.54) is 5.56 Å². The highest BCUT2D eigenvalue weighted by Crippen LogP contribution is 2.19. The lowest BCUT2D eigenvalue weighted by Crippen LogP contribution is -2.55. The average Bonchev–Trinajstić information content (AvgIpc) is 2.25. The molecule has 1 heterocycles. The topological polar surface area (TPSA) is 54.2 Å². The Labute approximate surface area is 104 Å². The van der Waals surface area contributed by atoms with E-state index in [-0.39, 0.29) is 5.54 Å². The number of rotatable bonds is 5. The molecule has 0 aliphatic heterocycles. The third kappa shape index (κ3) is 3.41. The largest absolute Gasteiger partial charge is 0.384 e. The van der Waals surface area contributed by atoms with Gasteiger partial charge in [0.2, 0.25) is 0 Å². The van der Waals surface area contributed by atoms with Crippen LogP contribution in [0.15, 0.2) is 18.3 Å². The number of nitrogen functional groups attached to an aromatic ring is 1. The van der Waals surface area contributed by atoms with Gasteiger partial charge in [-0.1, -0.05) is 0 Å². The van der Waals surface area contributed by atoms with E-state index in [0.29, 0.717) is 11.9 Å². The highest BCUT2D eigenvalue weighted by atomic mass is 15.2. The summed E-state index contributed by atoms with van der Waals surface area (Å²) in [7, 11) is 6.21. The van der Waals surface area contributed by atoms with Crippen molar-refractivity contribution in [2.45, 2.75) is 31.8 Å². The van der Waals surface area contributed by atoms with E-state index in [9.17, 15) is 0 Å². The molecule has 0 aromatic carbocycles. The smallest absolute Gasteiger partial charge is 0.123 e. The molecule has 0 fully saturated rings. The number of hydrogen-bond acceptors (Lipinski definition) is 4. The number of aromatic nitrogens is 1. The third-order valence-electron chi connectivity index (χ3n) is 3.64. The molecule has 0 spiro atoms. The van der Waals surface area contributed by atoms with Crippen LogP contribution in [-0.2, 0) is 6.42 Å². The molecule has 4 heteroatoms. The van der Waals surface area contributed by atoms with E-state index in [4.69, 9.17) is 5.73 Å². The highest BCUT2D eigenvalue weighted by Gasteiger charge is 2.30. The van der Waals surface area contributed by atoms with E-state index < -0.39 is 0 Å². The summed E-state index contributed by atoms with van der Waals surface area (Å²) in [6.07, 6.45) is 2.70. The van der Waals surface area contributed by atoms with Gasteiger partial charge in [0, 0.05) is 17.8 Å². The van der Waals surface area contributed by atoms with Crippen molar-refractivity contribution in [3.63, 3.8) is 0 Å². The van der Waals surface area contributed by atoms with Crippen molar-refractivity contribution in [1.82, 2.24) is 15.2 Å². The second-order valence-electron chi connectivity index (χ2n) is 5.18. The molecule has 0 saturated heterocycles. The van der Waals surface area contributed by atoms with Crippen LogP contribution in [0.2, 0.25) is 0 Å². The predicted molar refractivity (Wildman–Crippen MR) is 73.0 cm³/mol. The van der Waals surface area contributed by atoms with Gasteiger partial charge >= 0.3 is 0 Å². The molecular formula is C13H24N4. The zero-order chi connectivity index (χ0) is 13.1. The first-order valence-electron chi connectivity index (χ1n) is 5.93. The summed E-state index contributed by atoms with van der Waals surface area (Å²) in [6, 6.07) is 4.32. The summed E-state index contributed by atoms with van der Waals surface area (Å²) in [5, 5.41) is 3.39. The minimum absolute atomic E-state index is 0.0762. The molecule has 0 amide bonds. The van der Waals surface area contributed by atoms with E-state index in [1.54, 1.807) is 6.20 Å². The fourth-order valence-electron chi connectivity index (χ4n) is 1.87. The summed E-state index contributed by atoms with van der Waals surface area (Å²) in [4.78, 5) is 6.25. The maximum absolute atomic E-state index is 5.70. The number of nitrogens with two attached hydrogens (primary N) is 1. The van der Waals surface area contributed by atoms with Crippen LogP contribution >= 0.6 is 0 Å². The Morgan fingerprint density at radius 3 is 2.59 bits per heavy atom. The quantitative estimate of drug-likeness (QED) is 0.805. The highest BCUT2D eigenvalue weighted by molar-refractivity contribution is 5.32. The molecule has 1 atom stereocenters. The van der Waals surface area contributed by atoms with Gasteiger partial charge in [-0.3, -0.25) is 0 Å². The number of nitrogens with one attached hydrogen (secondary N) is 1. The Morgan fingerprint density at radius 2 is 2.12 bits per heavy atom. The Morgan fingerprint density at radius 1 is 1.47 bits per heavy atom. The summed E-state index contributed by atoms with van der Waals surface area (Å²) in [6.45, 7) is 4.47. The maximum atomic E-state index is 5.70. The molecule has 3 N–H and O–H groups in total. The first-order valence-corrected chi connectivity index (χ1v) is 5.93. The van der Waals surface area contributed by atoms with Crippen LogP contribution in [0.4, 0.5) is 5.82 Å². The molecule has 0 saturated carbocycles. The number of nitrogens with zero attached hydrogens (tertiary/aromatic N) is 2. The average molecular weight is 236 g/mol. The lowest BCUT2D eigenvalue weighted by atomic mass is 9.88. The van der Waals surface area contributed by atoms with Crippen LogP contribution < -0.4 is 11.1 Å². The van der Waals surface area contributed by atoms with Gasteiger partial charge in [-0.05, 0) is 59.1 Å². The Balaban J connectivity index is 2.84. The monoisotopic (exact) mass is 236 g/mol. The van der Waals surface area contributed by atoms with Gasteiger partial charge in [-0.25, -0.2) is 4.98 Å². The number of hydrogen-bond donors (Lipinski definition) is 2. The van der Waals surface area contributed by atoms with Gasteiger partial charge in [-0.2, -0.15) is 0 Å². The van der Waals surface area contributed by atoms with Crippen molar-refractivity contribution in [2.24, 2.45) is 0 Å². The standard InChI is InChI=1S/C13H24N4/c1-13(2,17(4)5)11(15-3)8-10-6-7-16-12(14)9-10/h6-7,9,11,15H,8H2,1-5H3,(H2,14,16). The minimum Gasteiger partial charge on any atom is -0.384 e. The molecule has 0 radical (unpaired) electrons. The number of pyridine rings is 1. The molecule has 17 heavy (non-hydrogen) atoms. The van der Waals surface area contributed by atoms with Gasteiger partial charge < -0.3 is 16.0 Å². The number of anilines is 1. The molecule has 0 aliphatic rings. The first-order chi connectivity index (χ1) is 7.87. The van der Waals surface area contributed by atoms with Gasteiger partial charge in [0.1, 0.15) is 5.82 Å². The van der Waals surface area contributed by atoms with E-state index in [0.717, 1.165) is 6.42 Å². The van der Waals surface area contributed by atoms with Crippen molar-refractivity contribution >= 4 is 5.82 Å². The summed E-state index contributed by atoms with van der Waals surface area (Å²) >= 11 is 0. The predicted octanol–water partition coefficient (Wildman–Crippen LogP) is 1.13. The first kappa shape index (κ1) is 13.9. The van der Waals surface area contributed by atoms with E-state index in [2.05, 4.69) is 43.1 Å². The van der Waals surface area contributed by atoms with Crippen LogP contribution in [0.25, 0.3) is 0 Å². The van der Waals surface area contributed by atoms with Crippen LogP contribution in [0.3, 0.4) is 0 Å². The maximum Gasteiger partial charge on any atom is 0.123 e. The van der Waals surface area contributed by atoms with Crippen LogP contribution in [0.5, 0.6) is 0 Å². The Hall–Kier alpha value is -1.13. The second-order valence-corrected chi connectivity index (χ2v) is 5.18. The normalized spacial score (nSPS) is 14.0. The summed E-state index contributed by atoms with van der Waals surface area (Å²) in [5.74, 6) is 0.583. The summed E-state index contributed by atoms with van der Waals surface area (Å²) in [5.41, 5.74) is 6.99. The lowest BCUT2D eigenvalue weighted by molar-refractivity contribution is 0.141. The molecule has 1 unspecified atom stereocenters. The SMILES string of the molecule is CNC(Cc1ccnc(N)c1)C(C)(C)N(C)C. The van der Waals surface area contributed by atoms with Crippen molar-refractivity contribution < 1.29 is 0 Å². The lowest BCUT2D eigenvalue weighted by Gasteiger charge is -2.40. The fraction of sp³-hybridized carbons (Fsp3) is 0.615. The molecule has 1 rings (SSSR count). The molecule has 1 aromatic rings. The molecule has 0 aliphatic carbocycles. The van der Waals surface area contributed by atoms with Crippen molar-refractivity contribution in [3.8, 4) is 0 Å². The van der Waals surface area contributed by atoms with Crippen molar-refractivity contribution in [2.75, 3.05) is 26.9 Å². The second kappa shape index (κ2) is 5.47. The van der Waals surface area contributed by atoms with Crippen LogP contribution in [0.1, 0.15) is 19.4 Å². The van der Waals surface area contributed by atoms with E-state index >= 15 is 0 Å². The molecule has 0 bridgehead atoms. The Bertz CT molecular complexity index is 360. The van der Waals surface area contributed by atoms with Gasteiger partial charge in [0.05, 0.1) is 0 Å². The van der Waals surface area contributed by atoms with Gasteiger partial charge in [0.15, 0.2) is 0 Å². The zero-order valence-electron chi connectivity index (χ0n) is 11.5. The zero-order valence-corrected chi connectivity index (χ0v) is 11.5. The van der Waals surface area contributed by atoms with Gasteiger partial charge in [0.25, 0.3) is 0 Å². The fourth-order valence-corrected chi connectivity index (χ4v) is 1.87. The van der Waals surface area contributed by atoms with Gasteiger partial charge in [-0.15, -0.1) is 0 Å². The molecular weight excluding hydrogens is 212 g/mol. The van der Waals surface area contributed by atoms with E-state index in [1.807, 2.05) is 19.2 Å². The summed E-state index contributed by atoms with van der Waals surface area (Å²) < 4.78 is 0.